The van der Waals surface area contributed by atoms with Crippen molar-refractivity contribution in [2.75, 3.05) is 4.90 Å². The normalized spacial score (nSPS) is 32.0. The molecule has 248 valence electrons. The van der Waals surface area contributed by atoms with Gasteiger partial charge < -0.3 is 45.4 Å². The molecule has 7 N–H and O–H groups in total. The van der Waals surface area contributed by atoms with Crippen molar-refractivity contribution in [3.8, 4) is 0 Å². The number of aliphatic hydroxyl groups excluding tert-OH is 6. The molecule has 3 aromatic carbocycles. The Morgan fingerprint density at radius 2 is 1.57 bits per heavy atom. The van der Waals surface area contributed by atoms with Gasteiger partial charge in [0.2, 0.25) is 5.91 Å². The van der Waals surface area contributed by atoms with Crippen molar-refractivity contribution in [1.29, 1.82) is 0 Å². The predicted molar refractivity (Wildman–Crippen MR) is 169 cm³/mol. The fourth-order valence-electron chi connectivity index (χ4n) is 6.76. The molecular formula is C36H38FNO9. The van der Waals surface area contributed by atoms with E-state index in [0.29, 0.717) is 24.0 Å². The Morgan fingerprint density at radius 3 is 2.26 bits per heavy atom. The zero-order valence-electron chi connectivity index (χ0n) is 25.3. The van der Waals surface area contributed by atoms with E-state index in [-0.39, 0.29) is 18.4 Å². The van der Waals surface area contributed by atoms with Crippen molar-refractivity contribution in [2.45, 2.75) is 73.8 Å². The Morgan fingerprint density at radius 1 is 0.894 bits per heavy atom. The summed E-state index contributed by atoms with van der Waals surface area (Å²) in [4.78, 5) is 15.2. The highest BCUT2D eigenvalue weighted by Gasteiger charge is 2.52. The van der Waals surface area contributed by atoms with Gasteiger partial charge in [0.15, 0.2) is 6.29 Å². The molecule has 0 aromatic heterocycles. The number of β-lactam (4-membered cyclic amide) rings is 1. The lowest BCUT2D eigenvalue weighted by atomic mass is 9.77. The van der Waals surface area contributed by atoms with E-state index in [0.717, 1.165) is 16.8 Å². The molecule has 3 aromatic rings. The summed E-state index contributed by atoms with van der Waals surface area (Å²) in [6.07, 6.45) is -6.11. The van der Waals surface area contributed by atoms with Crippen molar-refractivity contribution in [3.05, 3.63) is 120 Å². The monoisotopic (exact) mass is 647 g/mol. The van der Waals surface area contributed by atoms with Gasteiger partial charge in [0.1, 0.15) is 41.9 Å². The molecular weight excluding hydrogens is 609 g/mol. The summed E-state index contributed by atoms with van der Waals surface area (Å²) in [5.74, 6) is -0.861. The molecule has 0 spiro atoms. The van der Waals surface area contributed by atoms with Crippen molar-refractivity contribution in [2.24, 2.45) is 5.92 Å². The maximum atomic E-state index is 13.5. The van der Waals surface area contributed by atoms with Gasteiger partial charge in [-0.25, -0.2) is 4.39 Å². The maximum Gasteiger partial charge on any atom is 0.233 e. The summed E-state index contributed by atoms with van der Waals surface area (Å²) >= 11 is 0. The first-order valence-electron chi connectivity index (χ1n) is 15.6. The molecule has 2 aliphatic heterocycles. The van der Waals surface area contributed by atoms with E-state index in [1.54, 1.807) is 17.1 Å². The second-order valence-corrected chi connectivity index (χ2v) is 12.5. The largest absolute Gasteiger partial charge is 0.388 e. The topological polar surface area (TPSA) is 171 Å². The predicted octanol–water partition coefficient (Wildman–Crippen LogP) is 2.28. The second-order valence-electron chi connectivity index (χ2n) is 12.5. The Balaban J connectivity index is 1.19. The minimum absolute atomic E-state index is 0.0642. The second kappa shape index (κ2) is 13.4. The van der Waals surface area contributed by atoms with Crippen LogP contribution in [0.3, 0.4) is 0 Å². The van der Waals surface area contributed by atoms with Crippen LogP contribution in [0.25, 0.3) is 5.57 Å². The molecule has 2 fully saturated rings. The van der Waals surface area contributed by atoms with Crippen LogP contribution in [0.15, 0.2) is 97.1 Å². The fourth-order valence-corrected chi connectivity index (χ4v) is 6.76. The van der Waals surface area contributed by atoms with Crippen molar-refractivity contribution < 1.29 is 49.7 Å². The van der Waals surface area contributed by atoms with E-state index in [2.05, 4.69) is 0 Å². The Kier molecular flexibility index (Phi) is 9.43. The molecule has 2 heterocycles. The Bertz CT molecular complexity index is 1620. The van der Waals surface area contributed by atoms with Gasteiger partial charge in [-0.3, -0.25) is 4.79 Å². The van der Waals surface area contributed by atoms with Crippen LogP contribution in [0.4, 0.5) is 10.1 Å². The van der Waals surface area contributed by atoms with Crippen molar-refractivity contribution in [3.63, 3.8) is 0 Å². The standard InChI is InChI=1S/C36H38FNO9/c37-24-14-12-21(13-15-24)27(39)17-16-26-28(38(34(26)44)25-6-2-1-3-7-25)22-10-8-20(9-11-22)23-5-4-18-36(46,19-23)33(43)32-30(41)29(40)31(42)35(45)47-32/h1-15,18,26-33,35,39-43,45-46H,16-17,19H2/t26-,27+,28-,29+,30+,31-,32+,33-,35?,36?/m1/s1. The SMILES string of the molecule is O=C1[C@H](CC[C@H](O)c2ccc(F)cc2)[C@@H](c2ccc(C3=CC=CC(O)([C@H](O)[C@H]4OC(O)[C@H](O)[C@@H](O)[C@@H]4O)C3)cc2)N1c1ccccc1. The van der Waals surface area contributed by atoms with E-state index < -0.39 is 60.3 Å². The van der Waals surface area contributed by atoms with E-state index in [1.807, 2.05) is 54.6 Å². The lowest BCUT2D eigenvalue weighted by Gasteiger charge is -2.48. The van der Waals surface area contributed by atoms with Gasteiger partial charge in [-0.1, -0.05) is 72.8 Å². The van der Waals surface area contributed by atoms with Gasteiger partial charge in [-0.05, 0) is 59.4 Å². The third-order valence-electron chi connectivity index (χ3n) is 9.48. The zero-order chi connectivity index (χ0) is 33.5. The maximum absolute atomic E-state index is 13.5. The zero-order valence-corrected chi connectivity index (χ0v) is 25.3. The van der Waals surface area contributed by atoms with E-state index in [1.165, 1.54) is 30.3 Å². The smallest absolute Gasteiger partial charge is 0.233 e. The van der Waals surface area contributed by atoms with Crippen LogP contribution in [0.2, 0.25) is 0 Å². The summed E-state index contributed by atoms with van der Waals surface area (Å²) in [6, 6.07) is 22.1. The van der Waals surface area contributed by atoms with Gasteiger partial charge in [-0.2, -0.15) is 0 Å². The minimum atomic E-state index is -1.93. The van der Waals surface area contributed by atoms with Gasteiger partial charge in [-0.15, -0.1) is 0 Å². The first kappa shape index (κ1) is 33.1. The fraction of sp³-hybridized carbons (Fsp3) is 0.361. The summed E-state index contributed by atoms with van der Waals surface area (Å²) in [5, 5.41) is 73.4. The Labute approximate surface area is 270 Å². The number of benzene rings is 3. The lowest BCUT2D eigenvalue weighted by Crippen LogP contribution is -2.64. The molecule has 47 heavy (non-hydrogen) atoms. The number of carbonyl (C=O) groups is 1. The van der Waals surface area contributed by atoms with Crippen molar-refractivity contribution in [1.82, 2.24) is 0 Å². The number of nitrogens with zero attached hydrogens (tertiary/aromatic N) is 1. The molecule has 1 amide bonds. The van der Waals surface area contributed by atoms with Crippen LogP contribution in [0.5, 0.6) is 0 Å². The lowest BCUT2D eigenvalue weighted by molar-refractivity contribution is -0.306. The van der Waals surface area contributed by atoms with E-state index in [4.69, 9.17) is 4.74 Å². The van der Waals surface area contributed by atoms with Crippen LogP contribution in [-0.4, -0.2) is 84.1 Å². The minimum Gasteiger partial charge on any atom is -0.388 e. The summed E-state index contributed by atoms with van der Waals surface area (Å²) in [7, 11) is 0. The van der Waals surface area contributed by atoms with Crippen molar-refractivity contribution >= 4 is 17.2 Å². The van der Waals surface area contributed by atoms with Crippen LogP contribution in [0.1, 0.15) is 48.1 Å². The summed E-state index contributed by atoms with van der Waals surface area (Å²) in [5.41, 5.74) is 1.63. The third kappa shape index (κ3) is 6.41. The molecule has 3 aliphatic rings. The number of rotatable bonds is 9. The number of hydrogen-bond donors (Lipinski definition) is 7. The Hall–Kier alpha value is -3.78. The number of halogens is 1. The van der Waals surface area contributed by atoms with Crippen LogP contribution in [-0.2, 0) is 9.53 Å². The molecule has 6 rings (SSSR count). The molecule has 0 saturated carbocycles. The molecule has 11 heteroatoms. The van der Waals surface area contributed by atoms with Crippen LogP contribution in [0, 0.1) is 11.7 Å². The number of ether oxygens (including phenoxy) is 1. The average molecular weight is 648 g/mol. The highest BCUT2D eigenvalue weighted by molar-refractivity contribution is 6.03. The molecule has 2 saturated heterocycles. The van der Waals surface area contributed by atoms with Gasteiger partial charge >= 0.3 is 0 Å². The molecule has 1 aliphatic carbocycles. The summed E-state index contributed by atoms with van der Waals surface area (Å²) in [6.45, 7) is 0. The number of amides is 1. The number of aliphatic hydroxyl groups is 7. The van der Waals surface area contributed by atoms with Gasteiger partial charge in [0, 0.05) is 12.1 Å². The first-order valence-corrected chi connectivity index (χ1v) is 15.6. The number of anilines is 1. The van der Waals surface area contributed by atoms with Crippen LogP contribution >= 0.6 is 0 Å². The molecule has 10 atom stereocenters. The quantitative estimate of drug-likeness (QED) is 0.172. The number of para-hydroxylation sites is 1. The number of allylic oxidation sites excluding steroid dienone is 2. The highest BCUT2D eigenvalue weighted by atomic mass is 19.1. The van der Waals surface area contributed by atoms with Gasteiger partial charge in [0.25, 0.3) is 0 Å². The van der Waals surface area contributed by atoms with E-state index >= 15 is 0 Å². The van der Waals surface area contributed by atoms with Crippen LogP contribution < -0.4 is 4.90 Å². The number of hydrogen-bond acceptors (Lipinski definition) is 9. The first-order chi connectivity index (χ1) is 22.5. The third-order valence-corrected chi connectivity index (χ3v) is 9.48. The summed E-state index contributed by atoms with van der Waals surface area (Å²) < 4.78 is 18.5. The van der Waals surface area contributed by atoms with E-state index in [9.17, 15) is 44.9 Å². The average Bonchev–Trinajstić information content (AvgIpc) is 3.08. The number of carbonyl (C=O) groups excluding carboxylic acids is 1. The van der Waals surface area contributed by atoms with Gasteiger partial charge in [0.05, 0.1) is 18.1 Å². The highest BCUT2D eigenvalue weighted by Crippen LogP contribution is 2.47. The molecule has 0 bridgehead atoms. The molecule has 0 radical (unpaired) electrons. The molecule has 10 nitrogen and oxygen atoms in total. The molecule has 2 unspecified atom stereocenters.